The van der Waals surface area contributed by atoms with Crippen molar-refractivity contribution in [1.82, 2.24) is 4.57 Å². The van der Waals surface area contributed by atoms with Crippen LogP contribution >= 0.6 is 11.9 Å². The fourth-order valence-electron chi connectivity index (χ4n) is 4.50. The zero-order chi connectivity index (χ0) is 26.1. The van der Waals surface area contributed by atoms with Crippen LogP contribution < -0.4 is 10.3 Å². The third-order valence-electron chi connectivity index (χ3n) is 6.38. The summed E-state index contributed by atoms with van der Waals surface area (Å²) in [4.78, 5) is 26.8. The van der Waals surface area contributed by atoms with E-state index in [-0.39, 0.29) is 11.0 Å². The Morgan fingerprint density at radius 3 is 2.11 bits per heavy atom. The van der Waals surface area contributed by atoms with Crippen molar-refractivity contribution in [2.45, 2.75) is 60.9 Å². The molecule has 0 aliphatic carbocycles. The number of aryl methyl sites for hydroxylation is 3. The summed E-state index contributed by atoms with van der Waals surface area (Å²) in [5, 5.41) is 10.3. The average molecular weight is 493 g/mol. The van der Waals surface area contributed by atoms with Crippen LogP contribution in [-0.2, 0) is 4.79 Å². The maximum Gasteiger partial charge on any atom is 0.326 e. The molecule has 186 valence electrons. The molecule has 2 aromatic carbocycles. The Bertz CT molecular complexity index is 1300. The van der Waals surface area contributed by atoms with Gasteiger partial charge in [-0.25, -0.2) is 4.79 Å². The molecule has 0 radical (unpaired) electrons. The Morgan fingerprint density at radius 1 is 1.00 bits per heavy atom. The van der Waals surface area contributed by atoms with E-state index in [1.807, 2.05) is 71.2 Å². The summed E-state index contributed by atoms with van der Waals surface area (Å²) in [5.74, 6) is -1.01. The lowest BCUT2D eigenvalue weighted by molar-refractivity contribution is -0.141. The van der Waals surface area contributed by atoms with Crippen molar-refractivity contribution in [3.63, 3.8) is 0 Å². The predicted molar refractivity (Wildman–Crippen MR) is 148 cm³/mol. The molecule has 2 N–H and O–H groups in total. The summed E-state index contributed by atoms with van der Waals surface area (Å²) in [6, 6.07) is 13.1. The summed E-state index contributed by atoms with van der Waals surface area (Å²) < 4.78 is 4.69. The molecule has 35 heavy (non-hydrogen) atoms. The molecule has 1 heterocycles. The smallest absolute Gasteiger partial charge is 0.326 e. The number of pyridine rings is 1. The van der Waals surface area contributed by atoms with E-state index in [0.29, 0.717) is 17.8 Å². The molecule has 0 amide bonds. The van der Waals surface area contributed by atoms with E-state index in [9.17, 15) is 14.7 Å². The van der Waals surface area contributed by atoms with Crippen LogP contribution in [0.3, 0.4) is 0 Å². The second-order valence-corrected chi connectivity index (χ2v) is 11.1. The monoisotopic (exact) mass is 492 g/mol. The molecule has 0 bridgehead atoms. The predicted octanol–water partition coefficient (Wildman–Crippen LogP) is 7.17. The molecule has 0 saturated carbocycles. The summed E-state index contributed by atoms with van der Waals surface area (Å²) >= 11 is 1.33. The number of benzene rings is 2. The lowest BCUT2D eigenvalue weighted by atomic mass is 9.86. The van der Waals surface area contributed by atoms with Crippen LogP contribution in [0.4, 0.5) is 5.69 Å². The quantitative estimate of drug-likeness (QED) is 0.342. The number of nitrogens with one attached hydrogen (secondary N) is 1. The number of carboxylic acid groups (broad SMARTS) is 1. The van der Waals surface area contributed by atoms with Crippen molar-refractivity contribution in [1.29, 1.82) is 0 Å². The number of aromatic nitrogens is 1. The normalized spacial score (nSPS) is 12.5. The molecule has 5 nitrogen and oxygen atoms in total. The summed E-state index contributed by atoms with van der Waals surface area (Å²) in [6.07, 6.45) is 2.18. The van der Waals surface area contributed by atoms with Gasteiger partial charge in [0, 0.05) is 11.8 Å². The minimum atomic E-state index is -1.01. The van der Waals surface area contributed by atoms with Gasteiger partial charge < -0.3 is 9.83 Å². The van der Waals surface area contributed by atoms with Gasteiger partial charge in [0.25, 0.3) is 5.56 Å². The standard InChI is InChI=1S/C29H36N2O3S/c1-17-9-12-21(13-10-17)26-20(4)24(22-14-11-18(2)19(3)15-22)25(30-35-8)27(32)31(26)23(28(33)34)16-29(5,6)7/h9-15,23,30H,16H2,1-8H3,(H,33,34). The Labute approximate surface area is 212 Å². The summed E-state index contributed by atoms with van der Waals surface area (Å²) in [5.41, 5.74) is 7.27. The number of carboxylic acids is 1. The zero-order valence-corrected chi connectivity index (χ0v) is 22.8. The van der Waals surface area contributed by atoms with E-state index < -0.39 is 12.0 Å². The number of rotatable bonds is 7. The molecule has 1 unspecified atom stereocenters. The van der Waals surface area contributed by atoms with Crippen LogP contribution in [0, 0.1) is 33.1 Å². The fourth-order valence-corrected chi connectivity index (χ4v) is 4.90. The Balaban J connectivity index is 2.51. The molecule has 0 aliphatic heterocycles. The van der Waals surface area contributed by atoms with Crippen molar-refractivity contribution >= 4 is 23.6 Å². The second kappa shape index (κ2) is 10.3. The third kappa shape index (κ3) is 5.64. The largest absolute Gasteiger partial charge is 0.480 e. The number of carbonyl (C=O) groups is 1. The SMILES string of the molecule is CSNc1c(-c2ccc(C)c(C)c2)c(C)c(-c2ccc(C)cc2)n(C(CC(C)(C)C)C(=O)O)c1=O. The van der Waals surface area contributed by atoms with Gasteiger partial charge in [0.15, 0.2) is 0 Å². The highest BCUT2D eigenvalue weighted by Gasteiger charge is 2.32. The van der Waals surface area contributed by atoms with Crippen LogP contribution in [-0.4, -0.2) is 21.9 Å². The van der Waals surface area contributed by atoms with Gasteiger partial charge >= 0.3 is 5.97 Å². The van der Waals surface area contributed by atoms with E-state index >= 15 is 0 Å². The van der Waals surface area contributed by atoms with Gasteiger partial charge in [0.1, 0.15) is 11.7 Å². The molecule has 1 aromatic heterocycles. The highest BCUT2D eigenvalue weighted by Crippen LogP contribution is 2.39. The van der Waals surface area contributed by atoms with Gasteiger partial charge in [-0.2, -0.15) is 0 Å². The summed E-state index contributed by atoms with van der Waals surface area (Å²) in [7, 11) is 0. The van der Waals surface area contributed by atoms with E-state index in [0.717, 1.165) is 33.4 Å². The Hall–Kier alpha value is -2.99. The van der Waals surface area contributed by atoms with Crippen molar-refractivity contribution < 1.29 is 9.90 Å². The van der Waals surface area contributed by atoms with Gasteiger partial charge in [0.2, 0.25) is 0 Å². The molecule has 1 atom stereocenters. The highest BCUT2D eigenvalue weighted by molar-refractivity contribution is 7.99. The summed E-state index contributed by atoms with van der Waals surface area (Å²) in [6.45, 7) is 14.1. The first kappa shape index (κ1) is 26.6. The second-order valence-electron chi connectivity index (χ2n) is 10.5. The van der Waals surface area contributed by atoms with Gasteiger partial charge in [0.05, 0.1) is 5.69 Å². The maximum absolute atomic E-state index is 14.2. The van der Waals surface area contributed by atoms with Crippen molar-refractivity contribution in [3.05, 3.63) is 75.1 Å². The third-order valence-corrected chi connectivity index (χ3v) is 6.79. The maximum atomic E-state index is 14.2. The van der Waals surface area contributed by atoms with Crippen molar-refractivity contribution in [2.24, 2.45) is 5.41 Å². The number of hydrogen-bond acceptors (Lipinski definition) is 4. The lowest BCUT2D eigenvalue weighted by Crippen LogP contribution is -2.35. The van der Waals surface area contributed by atoms with Gasteiger partial charge in [-0.05, 0) is 67.3 Å². The number of aliphatic carboxylic acids is 1. The first-order chi connectivity index (χ1) is 16.4. The van der Waals surface area contributed by atoms with Gasteiger partial charge in [-0.15, -0.1) is 0 Å². The average Bonchev–Trinajstić information content (AvgIpc) is 2.77. The topological polar surface area (TPSA) is 71.3 Å². The van der Waals surface area contributed by atoms with E-state index in [1.54, 1.807) is 0 Å². The van der Waals surface area contributed by atoms with Gasteiger partial charge in [-0.3, -0.25) is 9.36 Å². The van der Waals surface area contributed by atoms with E-state index in [2.05, 4.69) is 30.7 Å². The van der Waals surface area contributed by atoms with Crippen LogP contribution in [0.1, 0.15) is 55.5 Å². The number of anilines is 1. The minimum Gasteiger partial charge on any atom is -0.480 e. The van der Waals surface area contributed by atoms with Crippen LogP contribution in [0.5, 0.6) is 0 Å². The first-order valence-corrected chi connectivity index (χ1v) is 13.0. The Kier molecular flexibility index (Phi) is 7.85. The molecule has 3 aromatic rings. The number of hydrogen-bond donors (Lipinski definition) is 2. The molecule has 0 spiro atoms. The van der Waals surface area contributed by atoms with E-state index in [1.165, 1.54) is 22.1 Å². The fraction of sp³-hybridized carbons (Fsp3) is 0.379. The minimum absolute atomic E-state index is 0.291. The van der Waals surface area contributed by atoms with Crippen molar-refractivity contribution in [3.8, 4) is 22.4 Å². The first-order valence-electron chi connectivity index (χ1n) is 11.8. The molecule has 3 rings (SSSR count). The zero-order valence-electron chi connectivity index (χ0n) is 21.9. The number of nitrogens with zero attached hydrogens (tertiary/aromatic N) is 1. The highest BCUT2D eigenvalue weighted by atomic mass is 32.2. The molecular formula is C29H36N2O3S. The van der Waals surface area contributed by atoms with Crippen molar-refractivity contribution in [2.75, 3.05) is 11.0 Å². The van der Waals surface area contributed by atoms with Crippen LogP contribution in [0.15, 0.2) is 47.3 Å². The van der Waals surface area contributed by atoms with Crippen LogP contribution in [0.2, 0.25) is 0 Å². The Morgan fingerprint density at radius 2 is 1.60 bits per heavy atom. The lowest BCUT2D eigenvalue weighted by Gasteiger charge is -2.29. The molecule has 6 heteroatoms. The van der Waals surface area contributed by atoms with E-state index in [4.69, 9.17) is 0 Å². The molecular weight excluding hydrogens is 456 g/mol. The molecule has 0 aliphatic rings. The molecule has 0 fully saturated rings. The molecule has 0 saturated heterocycles. The van der Waals surface area contributed by atoms with Crippen LogP contribution in [0.25, 0.3) is 22.4 Å². The van der Waals surface area contributed by atoms with Gasteiger partial charge in [-0.1, -0.05) is 80.7 Å².